The molecular weight excluding hydrogens is 370 g/mol. The molecule has 1 saturated carbocycles. The fraction of sp³-hybridized carbons (Fsp3) is 0.667. The number of carbonyl (C=O) groups excluding carboxylic acids is 1. The average molecular weight is 397 g/mol. The second kappa shape index (κ2) is 7.63. The maximum absolute atomic E-state index is 12.8. The fourth-order valence-electron chi connectivity index (χ4n) is 3.98. The van der Waals surface area contributed by atoms with Crippen molar-refractivity contribution in [2.24, 2.45) is 7.05 Å². The van der Waals surface area contributed by atoms with Gasteiger partial charge in [-0.25, -0.2) is 13.2 Å². The molecule has 1 amide bonds. The summed E-state index contributed by atoms with van der Waals surface area (Å²) >= 11 is 0. The van der Waals surface area contributed by atoms with Crippen LogP contribution in [0.4, 0.5) is 0 Å². The predicted octanol–water partition coefficient (Wildman–Crippen LogP) is 1.72. The van der Waals surface area contributed by atoms with E-state index in [1.165, 1.54) is 21.1 Å². The van der Waals surface area contributed by atoms with Gasteiger partial charge in [0, 0.05) is 26.3 Å². The Morgan fingerprint density at radius 3 is 2.26 bits per heavy atom. The van der Waals surface area contributed by atoms with E-state index in [4.69, 9.17) is 0 Å². The van der Waals surface area contributed by atoms with E-state index in [2.05, 4.69) is 5.32 Å². The number of piperidine rings is 1. The van der Waals surface area contributed by atoms with E-state index >= 15 is 0 Å². The molecule has 27 heavy (non-hydrogen) atoms. The van der Waals surface area contributed by atoms with E-state index in [9.17, 15) is 23.1 Å². The van der Waals surface area contributed by atoms with Crippen molar-refractivity contribution in [3.8, 4) is 0 Å². The number of rotatable bonds is 5. The molecule has 0 atom stereocenters. The van der Waals surface area contributed by atoms with Crippen LogP contribution in [0.3, 0.4) is 0 Å². The minimum atomic E-state index is -3.65. The number of aromatic nitrogens is 1. The zero-order chi connectivity index (χ0) is 19.7. The van der Waals surface area contributed by atoms with Crippen LogP contribution < -0.4 is 5.32 Å². The van der Waals surface area contributed by atoms with Gasteiger partial charge in [0.15, 0.2) is 0 Å². The first-order valence-electron chi connectivity index (χ1n) is 9.49. The van der Waals surface area contributed by atoms with Gasteiger partial charge in [-0.05, 0) is 31.7 Å². The molecule has 0 radical (unpaired) electrons. The molecule has 150 valence electrons. The predicted molar refractivity (Wildman–Crippen MR) is 98.9 cm³/mol. The SMILES string of the molecule is Cn1cc(S(=O)(=O)N2CCCCC2)cc1C(=O)NC1(C(=O)O)CCCCC1. The van der Waals surface area contributed by atoms with Gasteiger partial charge in [0.25, 0.3) is 5.91 Å². The zero-order valence-electron chi connectivity index (χ0n) is 15.6. The number of aryl methyl sites for hydroxylation is 1. The molecule has 2 fully saturated rings. The van der Waals surface area contributed by atoms with E-state index in [-0.39, 0.29) is 10.6 Å². The van der Waals surface area contributed by atoms with Crippen LogP contribution in [-0.4, -0.2) is 52.9 Å². The smallest absolute Gasteiger partial charge is 0.329 e. The number of carboxylic acids is 1. The van der Waals surface area contributed by atoms with Gasteiger partial charge < -0.3 is 15.0 Å². The van der Waals surface area contributed by atoms with Crippen LogP contribution in [0.2, 0.25) is 0 Å². The van der Waals surface area contributed by atoms with Crippen LogP contribution >= 0.6 is 0 Å². The number of carboxylic acid groups (broad SMARTS) is 1. The molecule has 1 aliphatic carbocycles. The highest BCUT2D eigenvalue weighted by Gasteiger charge is 2.41. The quantitative estimate of drug-likeness (QED) is 0.786. The summed E-state index contributed by atoms with van der Waals surface area (Å²) in [6, 6.07) is 1.34. The summed E-state index contributed by atoms with van der Waals surface area (Å²) in [5.41, 5.74) is -1.12. The first kappa shape index (κ1) is 19.9. The van der Waals surface area contributed by atoms with Crippen molar-refractivity contribution in [3.05, 3.63) is 18.0 Å². The van der Waals surface area contributed by atoms with Crippen molar-refractivity contribution in [3.63, 3.8) is 0 Å². The fourth-order valence-corrected chi connectivity index (χ4v) is 5.57. The van der Waals surface area contributed by atoms with Gasteiger partial charge in [-0.2, -0.15) is 4.31 Å². The molecule has 2 N–H and O–H groups in total. The van der Waals surface area contributed by atoms with Crippen LogP contribution in [-0.2, 0) is 21.9 Å². The minimum absolute atomic E-state index is 0.0741. The van der Waals surface area contributed by atoms with Crippen LogP contribution in [0.1, 0.15) is 61.9 Å². The topological polar surface area (TPSA) is 109 Å². The average Bonchev–Trinajstić information content (AvgIpc) is 3.06. The lowest BCUT2D eigenvalue weighted by molar-refractivity contribution is -0.145. The Kier molecular flexibility index (Phi) is 5.62. The highest BCUT2D eigenvalue weighted by atomic mass is 32.2. The zero-order valence-corrected chi connectivity index (χ0v) is 16.4. The summed E-state index contributed by atoms with van der Waals surface area (Å²) in [5, 5.41) is 12.3. The number of carbonyl (C=O) groups is 2. The molecular formula is C18H27N3O5S. The molecule has 2 aliphatic rings. The highest BCUT2D eigenvalue weighted by molar-refractivity contribution is 7.89. The second-order valence-corrected chi connectivity index (χ2v) is 9.48. The molecule has 0 spiro atoms. The van der Waals surface area contributed by atoms with Gasteiger partial charge in [0.05, 0.1) is 0 Å². The molecule has 1 aliphatic heterocycles. The monoisotopic (exact) mass is 397 g/mol. The van der Waals surface area contributed by atoms with Crippen molar-refractivity contribution >= 4 is 21.9 Å². The standard InChI is InChI=1S/C18H27N3O5S/c1-20-13-14(27(25,26)21-10-6-3-7-11-21)12-15(20)16(22)19-18(17(23)24)8-4-2-5-9-18/h12-13H,2-11H2,1H3,(H,19,22)(H,23,24). The van der Waals surface area contributed by atoms with Crippen LogP contribution in [0.5, 0.6) is 0 Å². The third-order valence-electron chi connectivity index (χ3n) is 5.63. The molecule has 8 nitrogen and oxygen atoms in total. The van der Waals surface area contributed by atoms with Gasteiger partial charge in [0.1, 0.15) is 16.1 Å². The largest absolute Gasteiger partial charge is 0.480 e. The number of hydrogen-bond donors (Lipinski definition) is 2. The minimum Gasteiger partial charge on any atom is -0.480 e. The van der Waals surface area contributed by atoms with Crippen molar-refractivity contribution in [1.29, 1.82) is 0 Å². The van der Waals surface area contributed by atoms with Gasteiger partial charge >= 0.3 is 5.97 Å². The lowest BCUT2D eigenvalue weighted by Crippen LogP contribution is -2.55. The van der Waals surface area contributed by atoms with Crippen LogP contribution in [0, 0.1) is 0 Å². The number of hydrogen-bond acceptors (Lipinski definition) is 4. The Balaban J connectivity index is 1.83. The Labute approximate surface area is 159 Å². The number of nitrogens with zero attached hydrogens (tertiary/aromatic N) is 2. The number of aliphatic carboxylic acids is 1. The Morgan fingerprint density at radius 1 is 1.07 bits per heavy atom. The van der Waals surface area contributed by atoms with Crippen molar-refractivity contribution in [1.82, 2.24) is 14.2 Å². The highest BCUT2D eigenvalue weighted by Crippen LogP contribution is 2.29. The van der Waals surface area contributed by atoms with E-state index in [0.29, 0.717) is 25.9 Å². The molecule has 0 unspecified atom stereocenters. The number of nitrogens with one attached hydrogen (secondary N) is 1. The molecule has 1 aromatic rings. The maximum atomic E-state index is 12.8. The molecule has 2 heterocycles. The van der Waals surface area contributed by atoms with Gasteiger partial charge in [-0.3, -0.25) is 4.79 Å². The lowest BCUT2D eigenvalue weighted by atomic mass is 9.81. The van der Waals surface area contributed by atoms with E-state index in [1.807, 2.05) is 0 Å². The Morgan fingerprint density at radius 2 is 1.67 bits per heavy atom. The van der Waals surface area contributed by atoms with E-state index in [0.717, 1.165) is 38.5 Å². The third-order valence-corrected chi connectivity index (χ3v) is 7.50. The summed E-state index contributed by atoms with van der Waals surface area (Å²) in [7, 11) is -2.05. The Hall–Kier alpha value is -1.87. The van der Waals surface area contributed by atoms with Crippen LogP contribution in [0.25, 0.3) is 0 Å². The van der Waals surface area contributed by atoms with Crippen molar-refractivity contribution < 1.29 is 23.1 Å². The second-order valence-electron chi connectivity index (χ2n) is 7.54. The lowest BCUT2D eigenvalue weighted by Gasteiger charge is -2.33. The summed E-state index contributed by atoms with van der Waals surface area (Å²) in [5.74, 6) is -1.59. The maximum Gasteiger partial charge on any atom is 0.329 e. The first-order valence-corrected chi connectivity index (χ1v) is 10.9. The molecule has 1 aromatic heterocycles. The van der Waals surface area contributed by atoms with Crippen molar-refractivity contribution in [2.75, 3.05) is 13.1 Å². The molecule has 9 heteroatoms. The van der Waals surface area contributed by atoms with E-state index < -0.39 is 27.4 Å². The molecule has 0 aromatic carbocycles. The first-order chi connectivity index (χ1) is 12.8. The summed E-state index contributed by atoms with van der Waals surface area (Å²) < 4.78 is 28.5. The molecule has 3 rings (SSSR count). The molecule has 0 bridgehead atoms. The summed E-state index contributed by atoms with van der Waals surface area (Å²) in [6.45, 7) is 0.974. The summed E-state index contributed by atoms with van der Waals surface area (Å²) in [6.07, 6.45) is 7.32. The number of amides is 1. The molecule has 1 saturated heterocycles. The van der Waals surface area contributed by atoms with Gasteiger partial charge in [-0.1, -0.05) is 25.7 Å². The van der Waals surface area contributed by atoms with E-state index in [1.54, 1.807) is 7.05 Å². The third kappa shape index (κ3) is 3.89. The Bertz CT molecular complexity index is 818. The van der Waals surface area contributed by atoms with Crippen molar-refractivity contribution in [2.45, 2.75) is 61.8 Å². The normalized spacial score (nSPS) is 20.9. The van der Waals surface area contributed by atoms with Gasteiger partial charge in [-0.15, -0.1) is 0 Å². The number of sulfonamides is 1. The summed E-state index contributed by atoms with van der Waals surface area (Å²) in [4.78, 5) is 24.6. The van der Waals surface area contributed by atoms with Gasteiger partial charge in [0.2, 0.25) is 10.0 Å². The van der Waals surface area contributed by atoms with Crippen LogP contribution in [0.15, 0.2) is 17.2 Å².